The molecule has 1 N–H and O–H groups in total. The van der Waals surface area contributed by atoms with E-state index < -0.39 is 17.7 Å². The van der Waals surface area contributed by atoms with Crippen LogP contribution in [0.15, 0.2) is 109 Å². The van der Waals surface area contributed by atoms with E-state index in [1.165, 1.54) is 36.3 Å². The molecule has 2 aromatic heterocycles. The molecule has 0 atom stereocenters. The standard InChI is InChI=1S/C34H24F2N4O4/c1-43-31-18-27-29(19-30(31)41)38-32(14-21-12-13-28(37-20-21)22-15-23(35)17-24(36)16-22)39-33(27)44-34(42)40(25-8-4-2-5-9-25)26-10-6-3-7-11-26/h2-13,15-20,41H,14H2,1H3. The number of carbonyl (C=O) groups excluding carboxylic acids is 1. The molecule has 44 heavy (non-hydrogen) atoms. The Morgan fingerprint density at radius 3 is 2.09 bits per heavy atom. The predicted molar refractivity (Wildman–Crippen MR) is 161 cm³/mol. The quantitative estimate of drug-likeness (QED) is 0.204. The second-order valence-corrected chi connectivity index (χ2v) is 9.75. The van der Waals surface area contributed by atoms with Crippen molar-refractivity contribution in [3.8, 4) is 28.6 Å². The first-order valence-corrected chi connectivity index (χ1v) is 13.5. The van der Waals surface area contributed by atoms with Gasteiger partial charge in [0, 0.05) is 30.3 Å². The van der Waals surface area contributed by atoms with Gasteiger partial charge in [0.05, 0.1) is 35.1 Å². The van der Waals surface area contributed by atoms with Gasteiger partial charge in [0.2, 0.25) is 5.88 Å². The smallest absolute Gasteiger partial charge is 0.425 e. The number of methoxy groups -OCH3 is 1. The number of nitrogens with zero attached hydrogens (tertiary/aromatic N) is 4. The summed E-state index contributed by atoms with van der Waals surface area (Å²) in [5, 5.41) is 10.8. The van der Waals surface area contributed by atoms with Crippen molar-refractivity contribution in [2.24, 2.45) is 0 Å². The van der Waals surface area contributed by atoms with Crippen LogP contribution in [0, 0.1) is 11.6 Å². The summed E-state index contributed by atoms with van der Waals surface area (Å²) in [6.45, 7) is 0. The van der Waals surface area contributed by atoms with E-state index in [0.29, 0.717) is 39.1 Å². The predicted octanol–water partition coefficient (Wildman–Crippen LogP) is 7.61. The third-order valence-electron chi connectivity index (χ3n) is 6.75. The number of anilines is 2. The van der Waals surface area contributed by atoms with E-state index in [1.54, 1.807) is 42.6 Å². The lowest BCUT2D eigenvalue weighted by Gasteiger charge is -2.22. The maximum absolute atomic E-state index is 13.8. The lowest BCUT2D eigenvalue weighted by atomic mass is 10.1. The molecule has 0 fully saturated rings. The maximum atomic E-state index is 13.8. The first-order valence-electron chi connectivity index (χ1n) is 13.5. The molecule has 6 rings (SSSR count). The molecule has 2 heterocycles. The number of rotatable bonds is 7. The molecule has 218 valence electrons. The molecule has 0 aliphatic heterocycles. The van der Waals surface area contributed by atoms with Gasteiger partial charge < -0.3 is 14.6 Å². The van der Waals surface area contributed by atoms with Crippen LogP contribution >= 0.6 is 0 Å². The van der Waals surface area contributed by atoms with E-state index in [0.717, 1.165) is 6.07 Å². The molecule has 0 radical (unpaired) electrons. The van der Waals surface area contributed by atoms with E-state index in [4.69, 9.17) is 9.47 Å². The number of ether oxygens (including phenoxy) is 2. The molecule has 6 aromatic rings. The second-order valence-electron chi connectivity index (χ2n) is 9.75. The number of hydrogen-bond acceptors (Lipinski definition) is 7. The Hall–Kier alpha value is -5.90. The Labute approximate surface area is 250 Å². The van der Waals surface area contributed by atoms with Crippen molar-refractivity contribution in [1.82, 2.24) is 15.0 Å². The van der Waals surface area contributed by atoms with Gasteiger partial charge in [0.25, 0.3) is 0 Å². The monoisotopic (exact) mass is 590 g/mol. The number of fused-ring (bicyclic) bond motifs is 1. The summed E-state index contributed by atoms with van der Waals surface area (Å²) in [6.07, 6.45) is 1.02. The highest BCUT2D eigenvalue weighted by molar-refractivity contribution is 5.98. The van der Waals surface area contributed by atoms with Gasteiger partial charge >= 0.3 is 6.09 Å². The summed E-state index contributed by atoms with van der Waals surface area (Å²) in [7, 11) is 1.41. The Bertz CT molecular complexity index is 1900. The van der Waals surface area contributed by atoms with Gasteiger partial charge in [-0.15, -0.1) is 0 Å². The summed E-state index contributed by atoms with van der Waals surface area (Å²) in [5.74, 6) is -1.15. The number of aromatic nitrogens is 3. The van der Waals surface area contributed by atoms with Crippen LogP contribution in [0.4, 0.5) is 25.0 Å². The largest absolute Gasteiger partial charge is 0.504 e. The van der Waals surface area contributed by atoms with Crippen LogP contribution in [0.5, 0.6) is 17.4 Å². The molecular weight excluding hydrogens is 566 g/mol. The lowest BCUT2D eigenvalue weighted by molar-refractivity contribution is 0.209. The zero-order valence-corrected chi connectivity index (χ0v) is 23.3. The molecule has 0 aliphatic carbocycles. The maximum Gasteiger partial charge on any atom is 0.425 e. The molecule has 0 unspecified atom stereocenters. The molecule has 0 saturated carbocycles. The molecule has 0 spiro atoms. The molecular formula is C34H24F2N4O4. The molecule has 4 aromatic carbocycles. The van der Waals surface area contributed by atoms with E-state index in [1.807, 2.05) is 36.4 Å². The Balaban J connectivity index is 1.36. The third kappa shape index (κ3) is 6.00. The highest BCUT2D eigenvalue weighted by Gasteiger charge is 2.23. The van der Waals surface area contributed by atoms with Crippen LogP contribution < -0.4 is 14.4 Å². The number of phenolic OH excluding ortho intramolecular Hbond substituents is 1. The Morgan fingerprint density at radius 2 is 1.50 bits per heavy atom. The van der Waals surface area contributed by atoms with E-state index in [9.17, 15) is 18.7 Å². The number of para-hydroxylation sites is 2. The first kappa shape index (κ1) is 28.2. The SMILES string of the molecule is COc1cc2c(OC(=O)N(c3ccccc3)c3ccccc3)nc(Cc3ccc(-c4cc(F)cc(F)c4)nc3)nc2cc1O. The lowest BCUT2D eigenvalue weighted by Crippen LogP contribution is -2.29. The van der Waals surface area contributed by atoms with Crippen LogP contribution in [0.1, 0.15) is 11.4 Å². The van der Waals surface area contributed by atoms with Crippen molar-refractivity contribution in [1.29, 1.82) is 0 Å². The van der Waals surface area contributed by atoms with Crippen molar-refractivity contribution in [3.05, 3.63) is 132 Å². The number of aromatic hydroxyl groups is 1. The van der Waals surface area contributed by atoms with Crippen molar-refractivity contribution in [2.75, 3.05) is 12.0 Å². The van der Waals surface area contributed by atoms with E-state index in [2.05, 4.69) is 15.0 Å². The van der Waals surface area contributed by atoms with Gasteiger partial charge in [-0.05, 0) is 54.1 Å². The Kier molecular flexibility index (Phi) is 7.79. The fourth-order valence-corrected chi connectivity index (χ4v) is 4.71. The van der Waals surface area contributed by atoms with Crippen molar-refractivity contribution >= 4 is 28.4 Å². The minimum absolute atomic E-state index is 0.0371. The van der Waals surface area contributed by atoms with Gasteiger partial charge in [0.15, 0.2) is 11.5 Å². The van der Waals surface area contributed by atoms with Crippen LogP contribution in [0.3, 0.4) is 0 Å². The summed E-state index contributed by atoms with van der Waals surface area (Å²) in [4.78, 5) is 28.7. The zero-order chi connectivity index (χ0) is 30.6. The summed E-state index contributed by atoms with van der Waals surface area (Å²) < 4.78 is 38.6. The molecule has 8 nitrogen and oxygen atoms in total. The fraction of sp³-hybridized carbons (Fsp3) is 0.0588. The highest BCUT2D eigenvalue weighted by atomic mass is 19.1. The second kappa shape index (κ2) is 12.1. The van der Waals surface area contributed by atoms with E-state index in [-0.39, 0.29) is 29.6 Å². The van der Waals surface area contributed by atoms with Crippen LogP contribution in [0.25, 0.3) is 22.2 Å². The molecule has 1 amide bonds. The van der Waals surface area contributed by atoms with Gasteiger partial charge in [-0.3, -0.25) is 4.98 Å². The average Bonchev–Trinajstić information content (AvgIpc) is 3.02. The zero-order valence-electron chi connectivity index (χ0n) is 23.3. The number of halogens is 2. The van der Waals surface area contributed by atoms with Gasteiger partial charge in [0.1, 0.15) is 17.5 Å². The van der Waals surface area contributed by atoms with Crippen LogP contribution in [-0.2, 0) is 6.42 Å². The van der Waals surface area contributed by atoms with Crippen molar-refractivity contribution in [2.45, 2.75) is 6.42 Å². The van der Waals surface area contributed by atoms with Gasteiger partial charge in [-0.25, -0.2) is 23.5 Å². The normalized spacial score (nSPS) is 10.9. The molecule has 0 aliphatic rings. The van der Waals surface area contributed by atoms with Crippen LogP contribution in [0.2, 0.25) is 0 Å². The Morgan fingerprint density at radius 1 is 0.841 bits per heavy atom. The van der Waals surface area contributed by atoms with E-state index >= 15 is 0 Å². The number of carbonyl (C=O) groups is 1. The topological polar surface area (TPSA) is 97.7 Å². The molecule has 0 saturated heterocycles. The fourth-order valence-electron chi connectivity index (χ4n) is 4.71. The summed E-state index contributed by atoms with van der Waals surface area (Å²) in [6, 6.07) is 27.6. The average molecular weight is 591 g/mol. The molecule has 0 bridgehead atoms. The first-order chi connectivity index (χ1) is 21.4. The van der Waals surface area contributed by atoms with Crippen molar-refractivity contribution in [3.63, 3.8) is 0 Å². The number of hydrogen-bond donors (Lipinski definition) is 1. The van der Waals surface area contributed by atoms with Gasteiger partial charge in [-0.2, -0.15) is 4.98 Å². The van der Waals surface area contributed by atoms with Gasteiger partial charge in [-0.1, -0.05) is 42.5 Å². The minimum atomic E-state index is -0.714. The number of phenols is 1. The van der Waals surface area contributed by atoms with Crippen LogP contribution in [-0.4, -0.2) is 33.3 Å². The number of amides is 1. The summed E-state index contributed by atoms with van der Waals surface area (Å²) in [5.41, 5.74) is 2.87. The minimum Gasteiger partial charge on any atom is -0.504 e. The number of pyridine rings is 1. The molecule has 10 heteroatoms. The van der Waals surface area contributed by atoms with Crippen molar-refractivity contribution < 1.29 is 28.2 Å². The highest BCUT2D eigenvalue weighted by Crippen LogP contribution is 2.35. The summed E-state index contributed by atoms with van der Waals surface area (Å²) >= 11 is 0. The number of benzene rings is 4. The third-order valence-corrected chi connectivity index (χ3v) is 6.75.